The Morgan fingerprint density at radius 1 is 0.307 bits per heavy atom. The van der Waals surface area contributed by atoms with Crippen LogP contribution in [0.3, 0.4) is 0 Å². The number of para-hydroxylation sites is 8. The topological polar surface area (TPSA) is 22.8 Å². The van der Waals surface area contributed by atoms with Crippen LogP contribution in [0.2, 0.25) is 0 Å². The Morgan fingerprint density at radius 2 is 0.613 bits per heavy atom. The molecule has 2 aromatic heterocycles. The third-order valence-corrected chi connectivity index (χ3v) is 15.5. The van der Waals surface area contributed by atoms with Crippen molar-refractivity contribution in [1.29, 1.82) is 0 Å². The molecular formula is C69H58N6. The van der Waals surface area contributed by atoms with Gasteiger partial charge in [-0.15, -0.1) is 0 Å². The number of hydrogen-bond acceptors (Lipinski definition) is 4. The summed E-state index contributed by atoms with van der Waals surface area (Å²) in [5.41, 5.74) is 13.8. The van der Waals surface area contributed by atoms with Gasteiger partial charge in [-0.05, 0) is 131 Å². The van der Waals surface area contributed by atoms with Gasteiger partial charge in [-0.3, -0.25) is 19.6 Å². The van der Waals surface area contributed by atoms with Crippen LogP contribution in [0.5, 0.6) is 0 Å². The molecule has 0 bridgehead atoms. The predicted molar refractivity (Wildman–Crippen MR) is 316 cm³/mol. The Labute approximate surface area is 444 Å². The maximum absolute atomic E-state index is 10.2. The minimum Gasteiger partial charge on any atom is -0.309 e. The molecule has 2 aliphatic heterocycles. The summed E-state index contributed by atoms with van der Waals surface area (Å²) >= 11 is 0. The van der Waals surface area contributed by atoms with Crippen LogP contribution in [0, 0.1) is 0 Å². The van der Waals surface area contributed by atoms with E-state index in [1.165, 1.54) is 0 Å². The molecule has 2 aliphatic rings. The zero-order valence-electron chi connectivity index (χ0n) is 47.0. The second-order valence-electron chi connectivity index (χ2n) is 22.0. The van der Waals surface area contributed by atoms with Crippen LogP contribution in [0.25, 0.3) is 55.0 Å². The first-order valence-electron chi connectivity index (χ1n) is 27.9. The van der Waals surface area contributed by atoms with Crippen molar-refractivity contribution in [3.63, 3.8) is 0 Å². The first kappa shape index (κ1) is 40.5. The van der Waals surface area contributed by atoms with Gasteiger partial charge in [-0.25, -0.2) is 0 Å². The number of hydrogen-bond donors (Lipinski definition) is 0. The van der Waals surface area contributed by atoms with E-state index in [9.17, 15) is 5.48 Å². The van der Waals surface area contributed by atoms with E-state index in [1.807, 2.05) is 0 Å². The minimum atomic E-state index is -1.59. The van der Waals surface area contributed by atoms with Gasteiger partial charge in [-0.2, -0.15) is 0 Å². The van der Waals surface area contributed by atoms with E-state index in [1.54, 1.807) is 0 Å². The van der Waals surface area contributed by atoms with Crippen LogP contribution in [0.15, 0.2) is 243 Å². The lowest BCUT2D eigenvalue weighted by atomic mass is 9.87. The average molecular weight is 975 g/mol. The van der Waals surface area contributed by atoms with Crippen LogP contribution in [0.1, 0.15) is 58.2 Å². The Bertz CT molecular complexity index is 4040. The molecule has 0 aliphatic carbocycles. The molecule has 6 nitrogen and oxygen atoms in total. The maximum atomic E-state index is 10.2. The van der Waals surface area contributed by atoms with Gasteiger partial charge in [0.1, 0.15) is 0 Å². The van der Waals surface area contributed by atoms with Crippen molar-refractivity contribution in [2.75, 3.05) is 19.6 Å². The Hall–Kier alpha value is -9.00. The molecule has 1 spiro atoms. The van der Waals surface area contributed by atoms with Gasteiger partial charge in [0.2, 0.25) is 0 Å². The maximum Gasteiger partial charge on any atom is 0.295 e. The van der Waals surface area contributed by atoms with Crippen molar-refractivity contribution >= 4 is 89.1 Å². The van der Waals surface area contributed by atoms with Gasteiger partial charge in [0.05, 0.1) is 50.3 Å². The summed E-state index contributed by atoms with van der Waals surface area (Å²) < 4.78 is 44.1. The number of benzene rings is 10. The molecule has 12 aromatic rings. The van der Waals surface area contributed by atoms with Crippen LogP contribution >= 0.6 is 0 Å². The van der Waals surface area contributed by atoms with E-state index < -0.39 is 5.91 Å². The first-order valence-corrected chi connectivity index (χ1v) is 25.9. The zero-order chi connectivity index (χ0) is 54.3. The fraction of sp³-hybridized carbons (Fsp3) is 0.130. The Morgan fingerprint density at radius 3 is 0.960 bits per heavy atom. The van der Waals surface area contributed by atoms with Gasteiger partial charge in [0.15, 0.2) is 0 Å². The standard InChI is InChI=1S/C69H58N6/c1-67(2,3)47-37-41-49(42-38-47)72-63-33-15-16-34-64(63)73(50-43-39-48(40-44-50)68(4,5)6)69(72)74(53-23-19-21-51(45-53)70-59-29-11-7-25-55(59)56-26-8-12-30-60(56)70)65-35-17-18-36-66(65)75(69)54-24-20-22-52(46-54)71-61-31-13-9-27-57(61)58-28-10-14-32-62(58)71/h7-46H,1-6H3/i15D,16D,33D,34D. The van der Waals surface area contributed by atoms with Crippen molar-refractivity contribution in [2.45, 2.75) is 58.3 Å². The molecule has 0 saturated heterocycles. The predicted octanol–water partition coefficient (Wildman–Crippen LogP) is 18.4. The summed E-state index contributed by atoms with van der Waals surface area (Å²) in [5, 5.41) is 4.63. The van der Waals surface area contributed by atoms with E-state index in [0.29, 0.717) is 11.4 Å². The lowest BCUT2D eigenvalue weighted by Gasteiger charge is -2.53. The lowest BCUT2D eigenvalue weighted by Crippen LogP contribution is -2.70. The number of nitrogens with zero attached hydrogens (tertiary/aromatic N) is 6. The molecule has 10 aromatic carbocycles. The largest absolute Gasteiger partial charge is 0.309 e. The molecule has 0 fully saturated rings. The van der Waals surface area contributed by atoms with E-state index in [2.05, 4.69) is 289 Å². The molecule has 0 saturated carbocycles. The second-order valence-corrected chi connectivity index (χ2v) is 22.0. The number of fused-ring (bicyclic) bond motifs is 8. The molecule has 0 amide bonds. The summed E-state index contributed by atoms with van der Waals surface area (Å²) in [6, 6.07) is 76.4. The van der Waals surface area contributed by atoms with E-state index in [0.717, 1.165) is 100 Å². The quantitative estimate of drug-likeness (QED) is 0.166. The molecule has 0 unspecified atom stereocenters. The van der Waals surface area contributed by atoms with Crippen LogP contribution < -0.4 is 19.6 Å². The number of rotatable bonds is 6. The third-order valence-electron chi connectivity index (χ3n) is 15.5. The van der Waals surface area contributed by atoms with Crippen LogP contribution in [-0.4, -0.2) is 15.0 Å². The number of aromatic nitrogens is 2. The van der Waals surface area contributed by atoms with Crippen molar-refractivity contribution in [1.82, 2.24) is 9.13 Å². The summed E-state index contributed by atoms with van der Waals surface area (Å²) in [6.07, 6.45) is 0. The Balaban J connectivity index is 1.14. The molecular weight excluding hydrogens is 913 g/mol. The molecule has 0 N–H and O–H groups in total. The van der Waals surface area contributed by atoms with Crippen molar-refractivity contribution in [3.05, 3.63) is 254 Å². The van der Waals surface area contributed by atoms with Gasteiger partial charge < -0.3 is 9.13 Å². The monoisotopic (exact) mass is 974 g/mol. The normalized spacial score (nSPS) is 15.0. The van der Waals surface area contributed by atoms with E-state index in [4.69, 9.17) is 0 Å². The summed E-state index contributed by atoms with van der Waals surface area (Å²) in [6.45, 7) is 13.2. The fourth-order valence-corrected chi connectivity index (χ4v) is 12.1. The lowest BCUT2D eigenvalue weighted by molar-refractivity contribution is 0.479. The van der Waals surface area contributed by atoms with Gasteiger partial charge in [-0.1, -0.05) is 175 Å². The third kappa shape index (κ3) is 6.65. The van der Waals surface area contributed by atoms with E-state index in [-0.39, 0.29) is 35.0 Å². The van der Waals surface area contributed by atoms with E-state index >= 15 is 0 Å². The summed E-state index contributed by atoms with van der Waals surface area (Å²) in [7, 11) is 0. The first-order chi connectivity index (χ1) is 38.2. The minimum absolute atomic E-state index is 0.141. The SMILES string of the molecule is [2H]c1c([2H])c([2H])c2c(c1[2H])N(c1ccc(C(C)(C)C)cc1)C1(N(c3cccc(-n4c5ccccc5c5ccccc54)c3)c3ccccc3N1c1cccc(-n3c4ccccc4c4ccccc43)c1)N2c1ccc(C(C)(C)C)cc1. The van der Waals surface area contributed by atoms with Crippen LogP contribution in [-0.2, 0) is 10.8 Å². The average Bonchev–Trinajstić information content (AvgIpc) is 3.09. The van der Waals surface area contributed by atoms with Gasteiger partial charge >= 0.3 is 0 Å². The van der Waals surface area contributed by atoms with Gasteiger partial charge in [0.25, 0.3) is 5.91 Å². The van der Waals surface area contributed by atoms with Crippen molar-refractivity contribution in [3.8, 4) is 11.4 Å². The second kappa shape index (κ2) is 16.5. The smallest absolute Gasteiger partial charge is 0.295 e. The molecule has 0 radical (unpaired) electrons. The van der Waals surface area contributed by atoms with Crippen molar-refractivity contribution < 1.29 is 5.48 Å². The summed E-state index contributed by atoms with van der Waals surface area (Å²) in [4.78, 5) is 9.11. The van der Waals surface area contributed by atoms with Gasteiger partial charge in [0, 0.05) is 55.7 Å². The number of anilines is 8. The highest BCUT2D eigenvalue weighted by atomic mass is 15.8. The molecule has 6 heteroatoms. The fourth-order valence-electron chi connectivity index (χ4n) is 12.1. The van der Waals surface area contributed by atoms with Crippen LogP contribution in [0.4, 0.5) is 45.5 Å². The molecule has 75 heavy (non-hydrogen) atoms. The summed E-state index contributed by atoms with van der Waals surface area (Å²) in [5.74, 6) is -1.59. The molecule has 364 valence electrons. The highest BCUT2D eigenvalue weighted by molar-refractivity contribution is 6.11. The molecule has 14 rings (SSSR count). The zero-order valence-corrected chi connectivity index (χ0v) is 43.0. The highest BCUT2D eigenvalue weighted by Gasteiger charge is 2.64. The van der Waals surface area contributed by atoms with Crippen molar-refractivity contribution in [2.24, 2.45) is 0 Å². The molecule has 0 atom stereocenters. The molecule has 4 heterocycles. The highest BCUT2D eigenvalue weighted by Crippen LogP contribution is 2.64. The Kier molecular flexibility index (Phi) is 8.91.